The molecule has 4 N–H and O–H groups in total. The summed E-state index contributed by atoms with van der Waals surface area (Å²) in [6, 6.07) is 30.1. The number of hydrogen-bond acceptors (Lipinski definition) is 6. The van der Waals surface area contributed by atoms with E-state index in [4.69, 9.17) is 4.74 Å². The van der Waals surface area contributed by atoms with Crippen molar-refractivity contribution in [3.8, 4) is 0 Å². The second-order valence-electron chi connectivity index (χ2n) is 10.5. The van der Waals surface area contributed by atoms with Crippen molar-refractivity contribution < 1.29 is 23.9 Å². The van der Waals surface area contributed by atoms with Gasteiger partial charge in [0.2, 0.25) is 5.91 Å². The molecule has 0 aliphatic carbocycles. The molecule has 4 aromatic carbocycles. The standard InChI is InChI=1S/C37H34N4O5S/c1-3-33(36(44)39-27-19-17-25(18-20-27)37(45)46-4-2)47-29-14-10-13-28(22-29)40-35(43)32(41-34(42)24-11-6-5-7-12-24)21-26-23-38-31-16-9-8-15-30(26)31/h5-23,33,38H,3-4H2,1-2H3,(H,39,44)(H,40,43)(H,41,42)/b32-21-. The fraction of sp³-hybridized carbons (Fsp3) is 0.135. The SMILES string of the molecule is CCOC(=O)c1ccc(NC(=O)C(CC)Sc2cccc(NC(=O)/C(=C/c3c[nH]c4ccccc34)NC(=O)c3ccccc3)c2)cc1. The molecule has 0 bridgehead atoms. The smallest absolute Gasteiger partial charge is 0.338 e. The Kier molecular flexibility index (Phi) is 10.9. The number of aromatic nitrogens is 1. The number of hydrogen-bond donors (Lipinski definition) is 4. The monoisotopic (exact) mass is 646 g/mol. The first-order valence-electron chi connectivity index (χ1n) is 15.1. The van der Waals surface area contributed by atoms with E-state index in [1.54, 1.807) is 85.9 Å². The quantitative estimate of drug-likeness (QED) is 0.0641. The van der Waals surface area contributed by atoms with E-state index in [0.29, 0.717) is 28.9 Å². The molecular weight excluding hydrogens is 612 g/mol. The number of aromatic amines is 1. The molecule has 0 aliphatic rings. The second kappa shape index (κ2) is 15.6. The molecule has 47 heavy (non-hydrogen) atoms. The van der Waals surface area contributed by atoms with Gasteiger partial charge >= 0.3 is 5.97 Å². The first-order valence-corrected chi connectivity index (χ1v) is 16.0. The average Bonchev–Trinajstić information content (AvgIpc) is 3.50. The van der Waals surface area contributed by atoms with Crippen molar-refractivity contribution in [1.82, 2.24) is 10.3 Å². The maximum Gasteiger partial charge on any atom is 0.338 e. The van der Waals surface area contributed by atoms with Crippen LogP contribution in [0.25, 0.3) is 17.0 Å². The average molecular weight is 647 g/mol. The third kappa shape index (κ3) is 8.56. The summed E-state index contributed by atoms with van der Waals surface area (Å²) >= 11 is 1.37. The molecule has 238 valence electrons. The number of anilines is 2. The largest absolute Gasteiger partial charge is 0.462 e. The lowest BCUT2D eigenvalue weighted by Crippen LogP contribution is -2.30. The van der Waals surface area contributed by atoms with Crippen LogP contribution >= 0.6 is 11.8 Å². The van der Waals surface area contributed by atoms with Gasteiger partial charge in [0.05, 0.1) is 17.4 Å². The van der Waals surface area contributed by atoms with Crippen LogP contribution in [0.5, 0.6) is 0 Å². The van der Waals surface area contributed by atoms with E-state index in [2.05, 4.69) is 20.9 Å². The fourth-order valence-corrected chi connectivity index (χ4v) is 5.78. The summed E-state index contributed by atoms with van der Waals surface area (Å²) in [6.45, 7) is 3.95. The van der Waals surface area contributed by atoms with E-state index in [-0.39, 0.29) is 18.2 Å². The van der Waals surface area contributed by atoms with Crippen molar-refractivity contribution in [2.24, 2.45) is 0 Å². The summed E-state index contributed by atoms with van der Waals surface area (Å²) in [5.74, 6) is -1.52. The third-order valence-electron chi connectivity index (χ3n) is 7.15. The molecule has 1 atom stereocenters. The number of H-pyrrole nitrogens is 1. The highest BCUT2D eigenvalue weighted by molar-refractivity contribution is 8.00. The van der Waals surface area contributed by atoms with Gasteiger partial charge in [0.15, 0.2) is 0 Å². The molecule has 0 saturated heterocycles. The Balaban J connectivity index is 1.30. The topological polar surface area (TPSA) is 129 Å². The first kappa shape index (κ1) is 32.8. The third-order valence-corrected chi connectivity index (χ3v) is 8.50. The predicted molar refractivity (Wildman–Crippen MR) is 186 cm³/mol. The van der Waals surface area contributed by atoms with Gasteiger partial charge in [-0.1, -0.05) is 49.4 Å². The number of carbonyl (C=O) groups excluding carboxylic acids is 4. The summed E-state index contributed by atoms with van der Waals surface area (Å²) in [4.78, 5) is 55.8. The van der Waals surface area contributed by atoms with Crippen molar-refractivity contribution in [2.75, 3.05) is 17.2 Å². The fourth-order valence-electron chi connectivity index (χ4n) is 4.77. The van der Waals surface area contributed by atoms with Crippen LogP contribution in [0, 0.1) is 0 Å². The minimum absolute atomic E-state index is 0.0708. The van der Waals surface area contributed by atoms with Crippen molar-refractivity contribution in [2.45, 2.75) is 30.4 Å². The van der Waals surface area contributed by atoms with Crippen molar-refractivity contribution in [3.05, 3.63) is 132 Å². The first-order chi connectivity index (χ1) is 22.8. The normalized spacial score (nSPS) is 11.8. The Bertz CT molecular complexity index is 1920. The Labute approximate surface area is 276 Å². The van der Waals surface area contributed by atoms with E-state index < -0.39 is 23.0 Å². The van der Waals surface area contributed by atoms with Crippen LogP contribution < -0.4 is 16.0 Å². The summed E-state index contributed by atoms with van der Waals surface area (Å²) in [6.07, 6.45) is 3.98. The van der Waals surface area contributed by atoms with Crippen LogP contribution in [0.4, 0.5) is 11.4 Å². The zero-order valence-corrected chi connectivity index (χ0v) is 26.7. The van der Waals surface area contributed by atoms with Gasteiger partial charge in [0.25, 0.3) is 11.8 Å². The summed E-state index contributed by atoms with van der Waals surface area (Å²) in [5.41, 5.74) is 3.61. The van der Waals surface area contributed by atoms with Gasteiger partial charge in [0, 0.05) is 44.5 Å². The summed E-state index contributed by atoms with van der Waals surface area (Å²) < 4.78 is 5.01. The van der Waals surface area contributed by atoms with E-state index in [0.717, 1.165) is 21.4 Å². The van der Waals surface area contributed by atoms with Crippen LogP contribution in [0.15, 0.2) is 120 Å². The molecule has 5 rings (SSSR count). The zero-order chi connectivity index (χ0) is 33.2. The van der Waals surface area contributed by atoms with Gasteiger partial charge < -0.3 is 25.7 Å². The van der Waals surface area contributed by atoms with Crippen LogP contribution in [-0.4, -0.2) is 40.5 Å². The summed E-state index contributed by atoms with van der Waals surface area (Å²) in [5, 5.41) is 9.07. The number of ether oxygens (including phenoxy) is 1. The molecule has 1 aromatic heterocycles. The Morgan fingerprint density at radius 2 is 1.55 bits per heavy atom. The van der Waals surface area contributed by atoms with Crippen molar-refractivity contribution >= 4 is 63.8 Å². The molecule has 5 aromatic rings. The molecule has 3 amide bonds. The highest BCUT2D eigenvalue weighted by Crippen LogP contribution is 2.29. The van der Waals surface area contributed by atoms with Crippen LogP contribution in [0.3, 0.4) is 0 Å². The van der Waals surface area contributed by atoms with Gasteiger partial charge in [-0.25, -0.2) is 4.79 Å². The molecule has 0 fully saturated rings. The number of benzene rings is 4. The molecule has 0 saturated carbocycles. The number of rotatable bonds is 12. The predicted octanol–water partition coefficient (Wildman–Crippen LogP) is 7.26. The molecule has 9 nitrogen and oxygen atoms in total. The number of carbonyl (C=O) groups is 4. The minimum Gasteiger partial charge on any atom is -0.462 e. The lowest BCUT2D eigenvalue weighted by molar-refractivity contribution is -0.116. The zero-order valence-electron chi connectivity index (χ0n) is 25.9. The Morgan fingerprint density at radius 3 is 2.30 bits per heavy atom. The summed E-state index contributed by atoms with van der Waals surface area (Å²) in [7, 11) is 0. The Hall–Kier alpha value is -5.61. The number of fused-ring (bicyclic) bond motifs is 1. The molecule has 0 radical (unpaired) electrons. The van der Waals surface area contributed by atoms with Crippen LogP contribution in [-0.2, 0) is 14.3 Å². The van der Waals surface area contributed by atoms with Crippen LogP contribution in [0.2, 0.25) is 0 Å². The minimum atomic E-state index is -0.502. The lowest BCUT2D eigenvalue weighted by atomic mass is 10.1. The number of nitrogens with one attached hydrogen (secondary N) is 4. The van der Waals surface area contributed by atoms with Gasteiger partial charge in [-0.05, 0) is 80.1 Å². The van der Waals surface area contributed by atoms with E-state index in [9.17, 15) is 19.2 Å². The highest BCUT2D eigenvalue weighted by atomic mass is 32.2. The number of para-hydroxylation sites is 1. The van der Waals surface area contributed by atoms with Gasteiger partial charge in [-0.15, -0.1) is 11.8 Å². The van der Waals surface area contributed by atoms with Gasteiger partial charge in [0.1, 0.15) is 5.70 Å². The van der Waals surface area contributed by atoms with Crippen LogP contribution in [0.1, 0.15) is 46.5 Å². The molecule has 0 aliphatic heterocycles. The number of esters is 1. The maximum absolute atomic E-state index is 13.6. The second-order valence-corrected chi connectivity index (χ2v) is 11.7. The van der Waals surface area contributed by atoms with E-state index in [1.807, 2.05) is 43.3 Å². The number of amides is 3. The van der Waals surface area contributed by atoms with Crippen molar-refractivity contribution in [1.29, 1.82) is 0 Å². The maximum atomic E-state index is 13.6. The molecule has 0 spiro atoms. The van der Waals surface area contributed by atoms with Gasteiger partial charge in [-0.3, -0.25) is 14.4 Å². The Morgan fingerprint density at radius 1 is 0.809 bits per heavy atom. The van der Waals surface area contributed by atoms with E-state index in [1.165, 1.54) is 11.8 Å². The van der Waals surface area contributed by atoms with Crippen molar-refractivity contribution in [3.63, 3.8) is 0 Å². The van der Waals surface area contributed by atoms with E-state index >= 15 is 0 Å². The molecular formula is C37H34N4O5S. The molecule has 1 unspecified atom stereocenters. The lowest BCUT2D eigenvalue weighted by Gasteiger charge is -2.16. The number of thioether (sulfide) groups is 1. The van der Waals surface area contributed by atoms with Gasteiger partial charge in [-0.2, -0.15) is 0 Å². The molecule has 10 heteroatoms. The molecule has 1 heterocycles. The highest BCUT2D eigenvalue weighted by Gasteiger charge is 2.20.